The fraction of sp³-hybridized carbons (Fsp3) is 1.00. The van der Waals surface area contributed by atoms with Crippen LogP contribution in [-0.4, -0.2) is 23.7 Å². The summed E-state index contributed by atoms with van der Waals surface area (Å²) in [5, 5.41) is 0. The molecular weight excluding hydrogens is 61.9 g/mol. The van der Waals surface area contributed by atoms with Gasteiger partial charge in [-0.3, -0.25) is 0 Å². The van der Waals surface area contributed by atoms with E-state index in [1.54, 1.807) is 7.11 Å². The quantitative estimate of drug-likeness (QED) is 0.276. The van der Waals surface area contributed by atoms with E-state index in [-0.39, 0.29) is 23.1 Å². The average Bonchev–Trinajstić information content (AvgIpc) is 0.918. The van der Waals surface area contributed by atoms with E-state index in [0.29, 0.717) is 0 Å². The monoisotopic (exact) mass is 68.0 g/mol. The first-order valence-electron chi connectivity index (χ1n) is 0.644. The molecule has 0 unspecified atom stereocenters. The Balaban J connectivity index is -0.00000000333. The molecule has 0 radical (unpaired) electrons. The minimum Gasteiger partial charge on any atom is -1.00 e. The fourth-order valence-corrected chi connectivity index (χ4v) is 0. The van der Waals surface area contributed by atoms with Crippen molar-refractivity contribution in [2.45, 2.75) is 0 Å². The van der Waals surface area contributed by atoms with Crippen LogP contribution in [0, 0.1) is 0 Å². The van der Waals surface area contributed by atoms with Gasteiger partial charge in [0.1, 0.15) is 0 Å². The minimum atomic E-state index is 0. The van der Waals surface area contributed by atoms with Gasteiger partial charge in [-0.1, -0.05) is 0 Å². The van der Waals surface area contributed by atoms with Crippen molar-refractivity contribution in [2.75, 3.05) is 7.11 Å². The van der Waals surface area contributed by atoms with Crippen LogP contribution in [0.5, 0.6) is 0 Å². The smallest absolute Gasteiger partial charge is 1.00 e. The number of rotatable bonds is 0. The Hall–Kier alpha value is 1.09. The van der Waals surface area contributed by atoms with Gasteiger partial charge in [0.15, 0.2) is 0 Å². The molecule has 0 atom stereocenters. The van der Waals surface area contributed by atoms with Gasteiger partial charge < -0.3 is 4.28 Å². The molecule has 0 aromatic carbocycles. The first-order valence-corrected chi connectivity index (χ1v) is 1.12. The molecule has 0 aromatic rings. The Labute approximate surface area is 51.1 Å². The molecule has 0 aliphatic carbocycles. The van der Waals surface area contributed by atoms with Gasteiger partial charge in [-0.15, -0.1) is 0 Å². The van der Waals surface area contributed by atoms with E-state index >= 15 is 0 Å². The second kappa shape index (κ2) is 8.94. The maximum Gasteiger partial charge on any atom is 1.00 e. The first-order chi connectivity index (χ1) is 1.41. The molecule has 0 spiro atoms. The van der Waals surface area contributed by atoms with Crippen LogP contribution in [0.25, 0.3) is 0 Å². The standard InChI is InChI=1S/CH3O.Al.Li.3H/c1-2;;;;;/h1H3;;;;;/q-1;+3;+1;3*-1. The van der Waals surface area contributed by atoms with Gasteiger partial charge >= 0.3 is 46.4 Å². The summed E-state index contributed by atoms with van der Waals surface area (Å²) < 4.78 is 4.17. The summed E-state index contributed by atoms with van der Waals surface area (Å²) in [5.74, 6) is 0. The summed E-state index contributed by atoms with van der Waals surface area (Å²) in [6.45, 7) is 0. The van der Waals surface area contributed by atoms with E-state index in [9.17, 15) is 0 Å². The van der Waals surface area contributed by atoms with Gasteiger partial charge in [0.25, 0.3) is 0 Å². The van der Waals surface area contributed by atoms with Crippen LogP contribution in [0.15, 0.2) is 0 Å². The summed E-state index contributed by atoms with van der Waals surface area (Å²) >= 11 is 2.08. The van der Waals surface area contributed by atoms with Gasteiger partial charge in [0, 0.05) is 0 Å². The van der Waals surface area contributed by atoms with Crippen LogP contribution in [0.1, 0.15) is 4.28 Å². The SMILES string of the molecule is C[O][Al+2].[H-].[H-].[H-].[Li+]. The summed E-state index contributed by atoms with van der Waals surface area (Å²) in [4.78, 5) is 0. The molecule has 0 aliphatic heterocycles. The summed E-state index contributed by atoms with van der Waals surface area (Å²) in [6.07, 6.45) is 0. The molecule has 3 heteroatoms. The van der Waals surface area contributed by atoms with Crippen molar-refractivity contribution < 1.29 is 26.9 Å². The van der Waals surface area contributed by atoms with Crippen molar-refractivity contribution >= 4 is 16.6 Å². The normalized spacial score (nSPS) is 4.75. The van der Waals surface area contributed by atoms with Gasteiger partial charge in [-0.25, -0.2) is 0 Å². The predicted octanol–water partition coefficient (Wildman–Crippen LogP) is -2.94. The van der Waals surface area contributed by atoms with Crippen LogP contribution in [0.4, 0.5) is 0 Å². The van der Waals surface area contributed by atoms with E-state index in [2.05, 4.69) is 20.4 Å². The van der Waals surface area contributed by atoms with Crippen molar-refractivity contribution in [1.82, 2.24) is 0 Å². The van der Waals surface area contributed by atoms with Crippen LogP contribution in [-0.2, 0) is 3.79 Å². The Kier molecular flexibility index (Phi) is 19.9. The van der Waals surface area contributed by atoms with E-state index in [4.69, 9.17) is 0 Å². The van der Waals surface area contributed by atoms with Gasteiger partial charge in [0.2, 0.25) is 0 Å². The molecule has 0 saturated heterocycles. The third-order valence-corrected chi connectivity index (χ3v) is 0. The Bertz CT molecular complexity index is 14.9. The molecular formula is CH6AlLiO. The Morgan fingerprint density at radius 3 is 2.00 bits per heavy atom. The van der Waals surface area contributed by atoms with Crippen LogP contribution in [0.3, 0.4) is 0 Å². The number of hydrogen-bond donors (Lipinski definition) is 0. The second-order valence-electron chi connectivity index (χ2n) is 0.236. The maximum atomic E-state index is 4.17. The largest absolute Gasteiger partial charge is 1.00 e. The van der Waals surface area contributed by atoms with Gasteiger partial charge in [0.05, 0.1) is 0 Å². The zero-order valence-corrected chi connectivity index (χ0v) is 4.14. The molecule has 4 heavy (non-hydrogen) atoms. The first kappa shape index (κ1) is 8.92. The van der Waals surface area contributed by atoms with E-state index in [1.807, 2.05) is 0 Å². The summed E-state index contributed by atoms with van der Waals surface area (Å²) in [5.41, 5.74) is 0. The van der Waals surface area contributed by atoms with E-state index in [1.165, 1.54) is 0 Å². The molecule has 0 heterocycles. The van der Waals surface area contributed by atoms with Crippen LogP contribution >= 0.6 is 0 Å². The Morgan fingerprint density at radius 1 is 2.00 bits per heavy atom. The summed E-state index contributed by atoms with van der Waals surface area (Å²) in [6, 6.07) is 0. The predicted molar refractivity (Wildman–Crippen MR) is 16.1 cm³/mol. The molecule has 20 valence electrons. The minimum absolute atomic E-state index is 0. The van der Waals surface area contributed by atoms with Crippen LogP contribution in [0.2, 0.25) is 0 Å². The maximum absolute atomic E-state index is 4.17. The molecule has 0 fully saturated rings. The van der Waals surface area contributed by atoms with Gasteiger partial charge in [-0.2, -0.15) is 0 Å². The van der Waals surface area contributed by atoms with Crippen LogP contribution < -0.4 is 18.9 Å². The third-order valence-electron chi connectivity index (χ3n) is 0. The van der Waals surface area contributed by atoms with Crippen molar-refractivity contribution in [3.63, 3.8) is 0 Å². The Morgan fingerprint density at radius 2 is 2.00 bits per heavy atom. The molecule has 0 amide bonds. The molecule has 1 nitrogen and oxygen atoms in total. The number of hydrogen-bond acceptors (Lipinski definition) is 1. The molecule has 0 saturated carbocycles. The summed E-state index contributed by atoms with van der Waals surface area (Å²) in [7, 11) is 1.59. The van der Waals surface area contributed by atoms with Crippen molar-refractivity contribution in [1.29, 1.82) is 0 Å². The van der Waals surface area contributed by atoms with Crippen molar-refractivity contribution in [3.8, 4) is 0 Å². The molecule has 0 aromatic heterocycles. The average molecular weight is 68.0 g/mol. The van der Waals surface area contributed by atoms with Crippen molar-refractivity contribution in [2.24, 2.45) is 0 Å². The third kappa shape index (κ3) is 11.4. The topological polar surface area (TPSA) is 9.23 Å². The molecule has 0 aliphatic rings. The molecule has 0 rings (SSSR count). The molecule has 0 bridgehead atoms. The second-order valence-corrected chi connectivity index (χ2v) is 0.707. The zero-order chi connectivity index (χ0) is 2.71. The fourth-order valence-electron chi connectivity index (χ4n) is 0. The molecule has 0 N–H and O–H groups in total. The van der Waals surface area contributed by atoms with E-state index < -0.39 is 0 Å². The van der Waals surface area contributed by atoms with Crippen molar-refractivity contribution in [3.05, 3.63) is 0 Å². The zero-order valence-electron chi connectivity index (χ0n) is 5.99. The van der Waals surface area contributed by atoms with Gasteiger partial charge in [-0.05, 0) is 0 Å². The van der Waals surface area contributed by atoms with E-state index in [0.717, 1.165) is 0 Å².